The molecule has 4 aromatic rings. The average Bonchev–Trinajstić information content (AvgIpc) is 2.68. The number of aromatic nitrogens is 2. The van der Waals surface area contributed by atoms with Crippen LogP contribution in [0.3, 0.4) is 0 Å². The van der Waals surface area contributed by atoms with Crippen molar-refractivity contribution in [2.24, 2.45) is 0 Å². The van der Waals surface area contributed by atoms with Crippen molar-refractivity contribution in [3.63, 3.8) is 0 Å². The fraction of sp³-hybridized carbons (Fsp3) is 0.0476. The summed E-state index contributed by atoms with van der Waals surface area (Å²) in [6.07, 6.45) is 0. The highest BCUT2D eigenvalue weighted by molar-refractivity contribution is 6.30. The van der Waals surface area contributed by atoms with Crippen LogP contribution < -0.4 is 10.3 Å². The fourth-order valence-corrected chi connectivity index (χ4v) is 3.20. The van der Waals surface area contributed by atoms with Gasteiger partial charge in [-0.05, 0) is 35.9 Å². The first kappa shape index (κ1) is 16.4. The zero-order chi connectivity index (χ0) is 18.1. The molecule has 0 bridgehead atoms. The Morgan fingerprint density at radius 3 is 2.27 bits per heavy atom. The van der Waals surface area contributed by atoms with Crippen LogP contribution >= 0.6 is 11.6 Å². The van der Waals surface area contributed by atoms with Crippen molar-refractivity contribution in [3.8, 4) is 11.3 Å². The van der Waals surface area contributed by atoms with Gasteiger partial charge in [0, 0.05) is 11.1 Å². The Bertz CT molecular complexity index is 1140. The summed E-state index contributed by atoms with van der Waals surface area (Å²) in [5.74, 6) is 0. The predicted octanol–water partition coefficient (Wildman–Crippen LogP) is 4.00. The summed E-state index contributed by atoms with van der Waals surface area (Å²) in [6, 6.07) is 23.5. The van der Waals surface area contributed by atoms with E-state index in [1.165, 1.54) is 0 Å². The van der Waals surface area contributed by atoms with Crippen molar-refractivity contribution in [2.45, 2.75) is 6.54 Å². The number of fused-ring (bicyclic) bond motifs is 1. The molecular weight excluding hydrogens is 348 g/mol. The monoisotopic (exact) mass is 362 g/mol. The number of hydrogen-bond donors (Lipinski definition) is 0. The third-order valence-electron chi connectivity index (χ3n) is 4.34. The van der Waals surface area contributed by atoms with Gasteiger partial charge in [0.15, 0.2) is 0 Å². The molecular formula is C21H15ClN2O2. The van der Waals surface area contributed by atoms with Gasteiger partial charge in [-0.15, -0.1) is 0 Å². The van der Waals surface area contributed by atoms with Gasteiger partial charge in [0.25, 0.3) is 5.69 Å². The number of para-hydroxylation sites is 2. The normalized spacial score (nSPS) is 11.0. The van der Waals surface area contributed by atoms with Gasteiger partial charge in [-0.3, -0.25) is 9.36 Å². The lowest BCUT2D eigenvalue weighted by Gasteiger charge is -2.14. The summed E-state index contributed by atoms with van der Waals surface area (Å²) in [6.45, 7) is 0.358. The van der Waals surface area contributed by atoms with E-state index in [-0.39, 0.29) is 11.3 Å². The van der Waals surface area contributed by atoms with Gasteiger partial charge in [0.1, 0.15) is 5.52 Å². The molecule has 0 saturated heterocycles. The maximum Gasteiger partial charge on any atom is 0.325 e. The highest BCUT2D eigenvalue weighted by atomic mass is 35.5. The molecule has 0 aliphatic heterocycles. The van der Waals surface area contributed by atoms with Crippen molar-refractivity contribution in [3.05, 3.63) is 105 Å². The second kappa shape index (κ2) is 6.65. The maximum absolute atomic E-state index is 13.2. The number of benzene rings is 3. The minimum atomic E-state index is -0.320. The largest absolute Gasteiger partial charge is 0.618 e. The van der Waals surface area contributed by atoms with Crippen LogP contribution in [0, 0.1) is 5.21 Å². The second-order valence-electron chi connectivity index (χ2n) is 6.02. The van der Waals surface area contributed by atoms with Crippen LogP contribution in [0.1, 0.15) is 5.56 Å². The van der Waals surface area contributed by atoms with Crippen molar-refractivity contribution < 1.29 is 4.73 Å². The van der Waals surface area contributed by atoms with E-state index in [4.69, 9.17) is 11.6 Å². The Balaban J connectivity index is 1.99. The Morgan fingerprint density at radius 2 is 1.54 bits per heavy atom. The summed E-state index contributed by atoms with van der Waals surface area (Å²) in [5, 5.41) is 13.5. The Morgan fingerprint density at radius 1 is 0.885 bits per heavy atom. The highest BCUT2D eigenvalue weighted by Crippen LogP contribution is 2.17. The van der Waals surface area contributed by atoms with Crippen molar-refractivity contribution >= 4 is 22.6 Å². The van der Waals surface area contributed by atoms with Crippen molar-refractivity contribution in [1.82, 2.24) is 4.57 Å². The molecule has 0 radical (unpaired) electrons. The Labute approximate surface area is 155 Å². The van der Waals surface area contributed by atoms with Crippen molar-refractivity contribution in [2.75, 3.05) is 0 Å². The number of hydrogen-bond acceptors (Lipinski definition) is 2. The van der Waals surface area contributed by atoms with Crippen LogP contribution in [0.15, 0.2) is 83.7 Å². The van der Waals surface area contributed by atoms with E-state index in [1.807, 2.05) is 36.4 Å². The van der Waals surface area contributed by atoms with Crippen molar-refractivity contribution in [1.29, 1.82) is 0 Å². The molecule has 5 heteroatoms. The van der Waals surface area contributed by atoms with E-state index >= 15 is 0 Å². The fourth-order valence-electron chi connectivity index (χ4n) is 3.07. The number of nitrogens with zero attached hydrogens (tertiary/aromatic N) is 2. The smallest absolute Gasteiger partial charge is 0.325 e. The summed E-state index contributed by atoms with van der Waals surface area (Å²) in [7, 11) is 0. The lowest BCUT2D eigenvalue weighted by Crippen LogP contribution is -2.41. The molecule has 0 N–H and O–H groups in total. The minimum Gasteiger partial charge on any atom is -0.618 e. The molecule has 1 aromatic heterocycles. The molecule has 0 saturated carbocycles. The van der Waals surface area contributed by atoms with E-state index in [2.05, 4.69) is 0 Å². The molecule has 0 atom stereocenters. The molecule has 0 unspecified atom stereocenters. The van der Waals surface area contributed by atoms with Gasteiger partial charge in [-0.25, -0.2) is 0 Å². The van der Waals surface area contributed by atoms with Crippen LogP contribution in [0.4, 0.5) is 0 Å². The average molecular weight is 363 g/mol. The van der Waals surface area contributed by atoms with Crippen LogP contribution in [-0.2, 0) is 6.54 Å². The van der Waals surface area contributed by atoms with Crippen LogP contribution in [0.25, 0.3) is 22.3 Å². The molecule has 3 aromatic carbocycles. The molecule has 4 rings (SSSR count). The summed E-state index contributed by atoms with van der Waals surface area (Å²) < 4.78 is 2.36. The number of rotatable bonds is 3. The lowest BCUT2D eigenvalue weighted by atomic mass is 10.1. The highest BCUT2D eigenvalue weighted by Gasteiger charge is 2.22. The standard InChI is InChI=1S/C21H15ClN2O2/c22-17-12-10-15(11-13-17)14-23-18-8-4-5-9-19(18)24(26)20(21(23)25)16-6-2-1-3-7-16/h1-13H,14H2. The SMILES string of the molecule is O=c1c(-c2ccccc2)[n+]([O-])c2ccccc2n1Cc1ccc(Cl)cc1. The minimum absolute atomic E-state index is 0.123. The third-order valence-corrected chi connectivity index (χ3v) is 4.60. The Hall–Kier alpha value is -3.11. The van der Waals surface area contributed by atoms with Gasteiger partial charge in [0.05, 0.1) is 12.1 Å². The first-order valence-electron chi connectivity index (χ1n) is 8.20. The van der Waals surface area contributed by atoms with Gasteiger partial charge in [-0.1, -0.05) is 54.1 Å². The predicted molar refractivity (Wildman–Crippen MR) is 103 cm³/mol. The second-order valence-corrected chi connectivity index (χ2v) is 6.45. The van der Waals surface area contributed by atoms with Crippen LogP contribution in [-0.4, -0.2) is 4.57 Å². The van der Waals surface area contributed by atoms with E-state index in [0.29, 0.717) is 28.2 Å². The van der Waals surface area contributed by atoms with E-state index in [1.54, 1.807) is 47.0 Å². The van der Waals surface area contributed by atoms with Crippen LogP contribution in [0.5, 0.6) is 0 Å². The topological polar surface area (TPSA) is 48.9 Å². The van der Waals surface area contributed by atoms with Gasteiger partial charge >= 0.3 is 5.56 Å². The maximum atomic E-state index is 13.2. The van der Waals surface area contributed by atoms with Gasteiger partial charge in [-0.2, -0.15) is 4.73 Å². The first-order valence-corrected chi connectivity index (χ1v) is 8.58. The zero-order valence-electron chi connectivity index (χ0n) is 13.8. The summed E-state index contributed by atoms with van der Waals surface area (Å²) in [5.41, 5.74) is 2.40. The molecule has 4 nitrogen and oxygen atoms in total. The quantitative estimate of drug-likeness (QED) is 0.408. The van der Waals surface area contributed by atoms with E-state index in [9.17, 15) is 10.0 Å². The van der Waals surface area contributed by atoms with E-state index < -0.39 is 0 Å². The molecule has 1 heterocycles. The lowest BCUT2D eigenvalue weighted by molar-refractivity contribution is -0.566. The van der Waals surface area contributed by atoms with E-state index in [0.717, 1.165) is 10.3 Å². The zero-order valence-corrected chi connectivity index (χ0v) is 14.6. The van der Waals surface area contributed by atoms with Gasteiger partial charge < -0.3 is 5.21 Å². The summed E-state index contributed by atoms with van der Waals surface area (Å²) in [4.78, 5) is 13.2. The molecule has 0 fully saturated rings. The molecule has 0 aliphatic carbocycles. The Kier molecular flexibility index (Phi) is 4.19. The first-order chi connectivity index (χ1) is 12.6. The number of halogens is 1. The molecule has 0 aliphatic rings. The molecule has 128 valence electrons. The van der Waals surface area contributed by atoms with Gasteiger partial charge in [0.2, 0.25) is 5.52 Å². The molecule has 0 amide bonds. The third kappa shape index (κ3) is 2.85. The summed E-state index contributed by atoms with van der Waals surface area (Å²) >= 11 is 5.95. The molecule has 0 spiro atoms. The molecule has 26 heavy (non-hydrogen) atoms. The van der Waals surface area contributed by atoms with Crippen LogP contribution in [0.2, 0.25) is 5.02 Å².